The number of halogens is 1. The molecule has 0 spiro atoms. The maximum Gasteiger partial charge on any atom is 0.319 e. The molecule has 0 heterocycles. The zero-order chi connectivity index (χ0) is 19.3. The number of primary amides is 1. The molecule has 0 saturated carbocycles. The van der Waals surface area contributed by atoms with Crippen molar-refractivity contribution in [3.63, 3.8) is 0 Å². The number of carbonyl (C=O) groups excluding carboxylic acids is 3. The second-order valence-corrected chi connectivity index (χ2v) is 5.74. The minimum atomic E-state index is -1.35. The first-order chi connectivity index (χ1) is 12.3. The Morgan fingerprint density at radius 2 is 2.00 bits per heavy atom. The summed E-state index contributed by atoms with van der Waals surface area (Å²) in [5.74, 6) is -1.92. The van der Waals surface area contributed by atoms with Crippen molar-refractivity contribution in [2.45, 2.75) is 24.7 Å². The number of urea groups is 1. The van der Waals surface area contributed by atoms with Crippen LogP contribution >= 0.6 is 0 Å². The van der Waals surface area contributed by atoms with Gasteiger partial charge >= 0.3 is 6.03 Å². The molecule has 1 aromatic rings. The number of nitrogens with two attached hydrogens (primary N) is 1. The van der Waals surface area contributed by atoms with Crippen LogP contribution in [0.1, 0.15) is 6.42 Å². The zero-order valence-electron chi connectivity index (χ0n) is 13.6. The first kappa shape index (κ1) is 19.3. The van der Waals surface area contributed by atoms with Crippen LogP contribution in [0.3, 0.4) is 0 Å². The highest BCUT2D eigenvalue weighted by Gasteiger charge is 2.33. The Labute approximate surface area is 148 Å². The first-order valence-corrected chi connectivity index (χ1v) is 7.72. The number of hydrogen-bond acceptors (Lipinski definition) is 5. The molecule has 3 atom stereocenters. The van der Waals surface area contributed by atoms with E-state index in [0.29, 0.717) is 0 Å². The monoisotopic (exact) mass is 366 g/mol. The van der Waals surface area contributed by atoms with Gasteiger partial charge in [-0.05, 0) is 18.2 Å². The van der Waals surface area contributed by atoms with E-state index in [4.69, 9.17) is 5.73 Å². The summed E-state index contributed by atoms with van der Waals surface area (Å²) in [5, 5.41) is 26.9. The zero-order valence-corrected chi connectivity index (χ0v) is 13.6. The van der Waals surface area contributed by atoms with E-state index in [2.05, 4.69) is 16.0 Å². The summed E-state index contributed by atoms with van der Waals surface area (Å²) in [4.78, 5) is 34.7. The number of carbonyl (C=O) groups is 3. The molecule has 0 radical (unpaired) electrons. The third-order valence-corrected chi connectivity index (χ3v) is 3.67. The normalized spacial score (nSPS) is 22.1. The SMILES string of the molecule is NC(=O)CNC(=O)C1=C[C@@H](NC(=O)Nc2cccc(F)c2)[C@@H](O)[C@H](O)C1. The van der Waals surface area contributed by atoms with Crippen LogP contribution in [0.25, 0.3) is 0 Å². The summed E-state index contributed by atoms with van der Waals surface area (Å²) in [6, 6.07) is 3.36. The number of benzene rings is 1. The van der Waals surface area contributed by atoms with Gasteiger partial charge in [-0.25, -0.2) is 9.18 Å². The van der Waals surface area contributed by atoms with Crippen LogP contribution in [0.15, 0.2) is 35.9 Å². The van der Waals surface area contributed by atoms with Crippen molar-refractivity contribution in [2.75, 3.05) is 11.9 Å². The number of amides is 4. The van der Waals surface area contributed by atoms with Crippen molar-refractivity contribution in [1.29, 1.82) is 0 Å². The Balaban J connectivity index is 2.05. The number of nitrogens with one attached hydrogen (secondary N) is 3. The van der Waals surface area contributed by atoms with Crippen LogP contribution in [0.2, 0.25) is 0 Å². The third kappa shape index (κ3) is 5.26. The summed E-state index contributed by atoms with van der Waals surface area (Å²) in [5.41, 5.74) is 5.22. The smallest absolute Gasteiger partial charge is 0.319 e. The van der Waals surface area contributed by atoms with E-state index in [1.165, 1.54) is 24.3 Å². The van der Waals surface area contributed by atoms with Gasteiger partial charge in [-0.2, -0.15) is 0 Å². The molecular weight excluding hydrogens is 347 g/mol. The molecule has 9 nitrogen and oxygen atoms in total. The summed E-state index contributed by atoms with van der Waals surface area (Å²) < 4.78 is 13.1. The van der Waals surface area contributed by atoms with Crippen molar-refractivity contribution < 1.29 is 29.0 Å². The molecule has 2 rings (SSSR count). The third-order valence-electron chi connectivity index (χ3n) is 3.67. The standard InChI is InChI=1S/C16H19FN4O5/c17-9-2-1-3-10(6-9)20-16(26)21-11-4-8(5-12(22)14(11)24)15(25)19-7-13(18)23/h1-4,6,11-12,14,22,24H,5,7H2,(H2,18,23)(H,19,25)(H2,20,21,26)/t11-,12-,14-/m1/s1. The maximum atomic E-state index is 13.1. The van der Waals surface area contributed by atoms with Crippen LogP contribution in [0, 0.1) is 5.82 Å². The van der Waals surface area contributed by atoms with Gasteiger partial charge in [0, 0.05) is 17.7 Å². The van der Waals surface area contributed by atoms with E-state index in [9.17, 15) is 29.0 Å². The molecule has 0 aromatic heterocycles. The van der Waals surface area contributed by atoms with Crippen molar-refractivity contribution in [3.8, 4) is 0 Å². The lowest BCUT2D eigenvalue weighted by Crippen LogP contribution is -2.52. The predicted molar refractivity (Wildman–Crippen MR) is 89.3 cm³/mol. The van der Waals surface area contributed by atoms with Gasteiger partial charge in [-0.1, -0.05) is 12.1 Å². The average Bonchev–Trinajstić information content (AvgIpc) is 2.56. The fourth-order valence-corrected chi connectivity index (χ4v) is 2.43. The van der Waals surface area contributed by atoms with E-state index < -0.39 is 41.9 Å². The molecule has 7 N–H and O–H groups in total. The van der Waals surface area contributed by atoms with Crippen LogP contribution in [0.4, 0.5) is 14.9 Å². The van der Waals surface area contributed by atoms with Crippen molar-refractivity contribution in [1.82, 2.24) is 10.6 Å². The fraction of sp³-hybridized carbons (Fsp3) is 0.312. The summed E-state index contributed by atoms with van der Waals surface area (Å²) in [6.45, 7) is -0.382. The Kier molecular flexibility index (Phi) is 6.26. The number of aliphatic hydroxyl groups excluding tert-OH is 2. The van der Waals surface area contributed by atoms with E-state index in [-0.39, 0.29) is 24.2 Å². The maximum absolute atomic E-state index is 13.1. The van der Waals surface area contributed by atoms with Gasteiger partial charge < -0.3 is 31.9 Å². The van der Waals surface area contributed by atoms with Gasteiger partial charge in [0.25, 0.3) is 0 Å². The summed E-state index contributed by atoms with van der Waals surface area (Å²) in [7, 11) is 0. The Bertz CT molecular complexity index is 739. The van der Waals surface area contributed by atoms with Gasteiger partial charge in [0.1, 0.15) is 11.9 Å². The molecule has 0 fully saturated rings. The molecule has 0 bridgehead atoms. The second-order valence-electron chi connectivity index (χ2n) is 5.74. The summed E-state index contributed by atoms with van der Waals surface area (Å²) >= 11 is 0. The van der Waals surface area contributed by atoms with Crippen molar-refractivity contribution in [3.05, 3.63) is 41.7 Å². The lowest BCUT2D eigenvalue weighted by atomic mass is 9.90. The molecule has 0 saturated heterocycles. The van der Waals surface area contributed by atoms with Crippen LogP contribution in [-0.2, 0) is 9.59 Å². The minimum Gasteiger partial charge on any atom is -0.390 e. The van der Waals surface area contributed by atoms with E-state index >= 15 is 0 Å². The van der Waals surface area contributed by atoms with Crippen molar-refractivity contribution in [2.24, 2.45) is 5.73 Å². The molecule has 10 heteroatoms. The Morgan fingerprint density at radius 1 is 1.27 bits per heavy atom. The van der Waals surface area contributed by atoms with Gasteiger partial charge in [-0.15, -0.1) is 0 Å². The molecule has 1 aromatic carbocycles. The van der Waals surface area contributed by atoms with E-state index in [1.54, 1.807) is 0 Å². The number of rotatable bonds is 5. The van der Waals surface area contributed by atoms with Gasteiger partial charge in [0.15, 0.2) is 0 Å². The quantitative estimate of drug-likeness (QED) is 0.393. The van der Waals surface area contributed by atoms with Crippen LogP contribution in [-0.4, -0.2) is 52.9 Å². The largest absolute Gasteiger partial charge is 0.390 e. The summed E-state index contributed by atoms with van der Waals surface area (Å²) in [6.07, 6.45) is -1.52. The average molecular weight is 366 g/mol. The molecule has 1 aliphatic rings. The number of aliphatic hydroxyl groups is 2. The van der Waals surface area contributed by atoms with Gasteiger partial charge in [-0.3, -0.25) is 9.59 Å². The highest BCUT2D eigenvalue weighted by Crippen LogP contribution is 2.20. The molecule has 0 unspecified atom stereocenters. The molecule has 0 aliphatic heterocycles. The molecular formula is C16H19FN4O5. The topological polar surface area (TPSA) is 154 Å². The number of hydrogen-bond donors (Lipinski definition) is 6. The lowest BCUT2D eigenvalue weighted by molar-refractivity contribution is -0.123. The van der Waals surface area contributed by atoms with Crippen LogP contribution in [0.5, 0.6) is 0 Å². The fourth-order valence-electron chi connectivity index (χ4n) is 2.43. The predicted octanol–water partition coefficient (Wildman–Crippen LogP) is -1.03. The second kappa shape index (κ2) is 8.41. The molecule has 26 heavy (non-hydrogen) atoms. The molecule has 140 valence electrons. The molecule has 1 aliphatic carbocycles. The van der Waals surface area contributed by atoms with E-state index in [1.807, 2.05) is 0 Å². The highest BCUT2D eigenvalue weighted by molar-refractivity contribution is 5.96. The van der Waals surface area contributed by atoms with E-state index in [0.717, 1.165) is 6.07 Å². The number of anilines is 1. The van der Waals surface area contributed by atoms with Crippen molar-refractivity contribution >= 4 is 23.5 Å². The lowest BCUT2D eigenvalue weighted by Gasteiger charge is -2.31. The minimum absolute atomic E-state index is 0.0834. The first-order valence-electron chi connectivity index (χ1n) is 7.72. The van der Waals surface area contributed by atoms with Crippen LogP contribution < -0.4 is 21.7 Å². The highest BCUT2D eigenvalue weighted by atomic mass is 19.1. The molecule has 4 amide bonds. The Morgan fingerprint density at radius 3 is 2.65 bits per heavy atom. The van der Waals surface area contributed by atoms with Gasteiger partial charge in [0.05, 0.1) is 18.7 Å². The Hall–Kier alpha value is -2.98. The van der Waals surface area contributed by atoms with Gasteiger partial charge in [0.2, 0.25) is 11.8 Å².